The molecule has 0 N–H and O–H groups in total. The molecule has 0 spiro atoms. The van der Waals surface area contributed by atoms with E-state index in [4.69, 9.17) is 0 Å². The van der Waals surface area contributed by atoms with Gasteiger partial charge in [-0.1, -0.05) is 0 Å². The van der Waals surface area contributed by atoms with Gasteiger partial charge >= 0.3 is 42.0 Å². The number of hydrogen-bond acceptors (Lipinski definition) is 2. The van der Waals surface area contributed by atoms with Crippen LogP contribution in [0.4, 0.5) is 61.5 Å². The van der Waals surface area contributed by atoms with Gasteiger partial charge in [-0.05, 0) is 6.92 Å². The Kier molecular flexibility index (Phi) is 4.60. The Balaban J connectivity index is 3.80. The van der Waals surface area contributed by atoms with Crippen molar-refractivity contribution in [2.75, 3.05) is 6.61 Å². The Morgan fingerprint density at radius 2 is 1.00 bits per heavy atom. The monoisotopic (exact) mass is 409 g/mol. The Labute approximate surface area is 128 Å². The van der Waals surface area contributed by atoms with E-state index in [1.54, 1.807) is 0 Å². The van der Waals surface area contributed by atoms with Gasteiger partial charge in [-0.15, -0.1) is 4.90 Å². The first-order valence-corrected chi connectivity index (χ1v) is 5.77. The second-order valence-electron chi connectivity index (χ2n) is 4.63. The van der Waals surface area contributed by atoms with E-state index in [0.717, 1.165) is 0 Å². The van der Waals surface area contributed by atoms with Crippen LogP contribution < -0.4 is 0 Å². The summed E-state index contributed by atoms with van der Waals surface area (Å²) < 4.78 is 186. The van der Waals surface area contributed by atoms with Crippen LogP contribution in [-0.2, 0) is 4.74 Å². The summed E-state index contributed by atoms with van der Waals surface area (Å²) in [5, 5.41) is 0. The molecule has 150 valence electrons. The van der Waals surface area contributed by atoms with Crippen LogP contribution in [-0.4, -0.2) is 53.5 Å². The van der Waals surface area contributed by atoms with E-state index in [0.29, 0.717) is 6.92 Å². The van der Waals surface area contributed by atoms with Gasteiger partial charge in [-0.2, -0.15) is 61.5 Å². The summed E-state index contributed by atoms with van der Waals surface area (Å²) in [5.41, 5.74) is 0. The third-order valence-corrected chi connectivity index (χ3v) is 3.06. The summed E-state index contributed by atoms with van der Waals surface area (Å²) in [5.74, 6) is -22.7. The summed E-state index contributed by atoms with van der Waals surface area (Å²) in [4.78, 5) is -3.94. The quantitative estimate of drug-likeness (QED) is 0.497. The highest BCUT2D eigenvalue weighted by molar-refractivity contribution is 5.16. The van der Waals surface area contributed by atoms with Crippen LogP contribution in [0.25, 0.3) is 0 Å². The molecule has 1 aliphatic heterocycles. The minimum Gasteiger partial charge on any atom is -0.315 e. The van der Waals surface area contributed by atoms with E-state index < -0.39 is 53.5 Å². The third-order valence-electron chi connectivity index (χ3n) is 3.06. The third kappa shape index (κ3) is 2.31. The van der Waals surface area contributed by atoms with Crippen LogP contribution in [0.15, 0.2) is 0 Å². The van der Waals surface area contributed by atoms with Gasteiger partial charge in [-0.3, -0.25) is 0 Å². The molecule has 0 saturated carbocycles. The predicted molar refractivity (Wildman–Crippen MR) is 48.1 cm³/mol. The van der Waals surface area contributed by atoms with Crippen molar-refractivity contribution in [1.82, 2.24) is 4.90 Å². The molecule has 0 aliphatic carbocycles. The largest absolute Gasteiger partial charge is 0.435 e. The van der Waals surface area contributed by atoms with Crippen molar-refractivity contribution in [2.45, 2.75) is 48.9 Å². The van der Waals surface area contributed by atoms with Crippen LogP contribution in [0, 0.1) is 0 Å². The zero-order valence-electron chi connectivity index (χ0n) is 11.4. The van der Waals surface area contributed by atoms with Crippen molar-refractivity contribution in [3.63, 3.8) is 0 Å². The number of ether oxygens (including phenoxy) is 1. The first-order chi connectivity index (χ1) is 10.7. The molecule has 0 atom stereocenters. The zero-order valence-corrected chi connectivity index (χ0v) is 11.4. The summed E-state index contributed by atoms with van der Waals surface area (Å²) in [6.45, 7) is -1.01. The second-order valence-corrected chi connectivity index (χ2v) is 4.63. The fourth-order valence-corrected chi connectivity index (χ4v) is 1.78. The van der Waals surface area contributed by atoms with Crippen molar-refractivity contribution in [3.05, 3.63) is 0 Å². The molecule has 1 saturated heterocycles. The first-order valence-electron chi connectivity index (χ1n) is 5.77. The number of piperidine rings is 1. The molecule has 0 aromatic rings. The van der Waals surface area contributed by atoms with Crippen LogP contribution >= 0.6 is 0 Å². The number of likely N-dealkylation sites (tertiary alicyclic amines) is 1. The maximum absolute atomic E-state index is 13.4. The van der Waals surface area contributed by atoms with Gasteiger partial charge in [0.05, 0.1) is 6.61 Å². The average molecular weight is 409 g/mol. The molecule has 25 heavy (non-hydrogen) atoms. The lowest BCUT2D eigenvalue weighted by molar-refractivity contribution is -0.558. The maximum atomic E-state index is 13.4. The first kappa shape index (κ1) is 22.0. The predicted octanol–water partition coefficient (Wildman–Crippen LogP) is 4.62. The molecule has 0 amide bonds. The molecule has 1 rings (SSSR count). The lowest BCUT2D eigenvalue weighted by Crippen LogP contribution is -2.85. The van der Waals surface area contributed by atoms with Crippen molar-refractivity contribution < 1.29 is 66.2 Å². The average Bonchev–Trinajstić information content (AvgIpc) is 2.35. The molecule has 0 unspecified atom stereocenters. The van der Waals surface area contributed by atoms with Crippen LogP contribution in [0.1, 0.15) is 6.92 Å². The smallest absolute Gasteiger partial charge is 0.315 e. The van der Waals surface area contributed by atoms with Gasteiger partial charge in [0.1, 0.15) is 0 Å². The Morgan fingerprint density at radius 3 is 1.28 bits per heavy atom. The van der Waals surface area contributed by atoms with Crippen molar-refractivity contribution in [1.29, 1.82) is 0 Å². The normalized spacial score (nSPS) is 28.0. The molecule has 0 bridgehead atoms. The van der Waals surface area contributed by atoms with Gasteiger partial charge in [-0.25, -0.2) is 0 Å². The van der Waals surface area contributed by atoms with Gasteiger partial charge in [0, 0.05) is 0 Å². The minimum atomic E-state index is -7.59. The highest BCUT2D eigenvalue weighted by Crippen LogP contribution is 2.67. The fourth-order valence-electron chi connectivity index (χ4n) is 1.78. The summed E-state index contributed by atoms with van der Waals surface area (Å²) >= 11 is 0. The van der Waals surface area contributed by atoms with Crippen molar-refractivity contribution >= 4 is 0 Å². The van der Waals surface area contributed by atoms with Crippen LogP contribution in [0.2, 0.25) is 0 Å². The summed E-state index contributed by atoms with van der Waals surface area (Å²) in [6, 6.07) is -22.3. The molecular formula is C9H5F14NO. The number of hydrogen-bond donors (Lipinski definition) is 0. The van der Waals surface area contributed by atoms with Crippen LogP contribution in [0.5, 0.6) is 0 Å². The van der Waals surface area contributed by atoms with E-state index in [2.05, 4.69) is 4.74 Å². The fraction of sp³-hybridized carbons (Fsp3) is 1.00. The SMILES string of the molecule is CCOC(F)(F)C(F)(F)N1C(F)(F)C(F)(F)C(F)(F)C(F)(F)C1(F)F. The highest BCUT2D eigenvalue weighted by atomic mass is 19.4. The molecule has 0 radical (unpaired) electrons. The van der Waals surface area contributed by atoms with Crippen molar-refractivity contribution in [3.8, 4) is 0 Å². The lowest BCUT2D eigenvalue weighted by Gasteiger charge is -2.53. The standard InChI is InChI=1S/C9H5F14NO/c1-2-25-9(22,23)8(20,21)24-6(16,17)4(12,13)3(10,11)5(14,15)7(24,18)19/h2H2,1H3. The molecule has 0 aromatic heterocycles. The van der Waals surface area contributed by atoms with Gasteiger partial charge in [0.2, 0.25) is 0 Å². The van der Waals surface area contributed by atoms with E-state index in [1.165, 1.54) is 0 Å². The van der Waals surface area contributed by atoms with Gasteiger partial charge in [0.25, 0.3) is 0 Å². The van der Waals surface area contributed by atoms with Gasteiger partial charge in [0.15, 0.2) is 0 Å². The van der Waals surface area contributed by atoms with Crippen molar-refractivity contribution in [2.24, 2.45) is 0 Å². The number of nitrogens with zero attached hydrogens (tertiary/aromatic N) is 1. The van der Waals surface area contributed by atoms with E-state index in [9.17, 15) is 61.5 Å². The molecule has 1 aliphatic rings. The molecule has 2 nitrogen and oxygen atoms in total. The summed E-state index contributed by atoms with van der Waals surface area (Å²) in [7, 11) is 0. The molecule has 1 heterocycles. The van der Waals surface area contributed by atoms with Crippen LogP contribution in [0.3, 0.4) is 0 Å². The van der Waals surface area contributed by atoms with E-state index in [-0.39, 0.29) is 0 Å². The molecular weight excluding hydrogens is 404 g/mol. The number of rotatable bonds is 4. The minimum absolute atomic E-state index is 0.494. The second kappa shape index (κ2) is 5.23. The molecule has 0 aromatic carbocycles. The topological polar surface area (TPSA) is 12.5 Å². The lowest BCUT2D eigenvalue weighted by atomic mass is 9.93. The van der Waals surface area contributed by atoms with E-state index in [1.807, 2.05) is 0 Å². The zero-order chi connectivity index (χ0) is 20.5. The highest BCUT2D eigenvalue weighted by Gasteiger charge is 2.98. The maximum Gasteiger partial charge on any atom is 0.435 e. The molecule has 1 fully saturated rings. The number of alkyl halides is 14. The van der Waals surface area contributed by atoms with E-state index >= 15 is 0 Å². The number of halogens is 14. The Hall–Kier alpha value is -1.06. The Bertz CT molecular complexity index is 498. The van der Waals surface area contributed by atoms with Gasteiger partial charge < -0.3 is 4.74 Å². The summed E-state index contributed by atoms with van der Waals surface area (Å²) in [6.07, 6.45) is -6.45. The Morgan fingerprint density at radius 1 is 0.680 bits per heavy atom. The molecule has 16 heteroatoms.